The lowest BCUT2D eigenvalue weighted by Crippen LogP contribution is -1.83. The summed E-state index contributed by atoms with van der Waals surface area (Å²) in [4.78, 5) is 7.75. The molecule has 0 saturated carbocycles. The standard InChI is InChI=1S/C11H11N3/c1-7-5-12-9-3-4-14-6-8(2)13-11(14)10(7)9/h3-6,12H,1-2H3. The molecule has 3 aromatic heterocycles. The van der Waals surface area contributed by atoms with Crippen molar-refractivity contribution in [3.05, 3.63) is 35.9 Å². The summed E-state index contributed by atoms with van der Waals surface area (Å²) in [5, 5.41) is 1.22. The lowest BCUT2D eigenvalue weighted by Gasteiger charge is -1.95. The molecule has 0 bridgehead atoms. The minimum atomic E-state index is 1.04. The monoisotopic (exact) mass is 185 g/mol. The van der Waals surface area contributed by atoms with Crippen LogP contribution in [0.1, 0.15) is 11.3 Å². The minimum absolute atomic E-state index is 1.04. The van der Waals surface area contributed by atoms with Crippen molar-refractivity contribution in [1.29, 1.82) is 0 Å². The van der Waals surface area contributed by atoms with E-state index in [0.717, 1.165) is 16.9 Å². The van der Waals surface area contributed by atoms with Crippen LogP contribution in [0.15, 0.2) is 24.7 Å². The number of pyridine rings is 1. The molecule has 0 aliphatic heterocycles. The van der Waals surface area contributed by atoms with Gasteiger partial charge in [-0.2, -0.15) is 0 Å². The number of rotatable bonds is 0. The summed E-state index contributed by atoms with van der Waals surface area (Å²) in [6.07, 6.45) is 6.10. The molecule has 3 heteroatoms. The number of hydrogen-bond acceptors (Lipinski definition) is 1. The lowest BCUT2D eigenvalue weighted by atomic mass is 10.2. The van der Waals surface area contributed by atoms with Gasteiger partial charge in [-0.15, -0.1) is 0 Å². The van der Waals surface area contributed by atoms with Crippen LogP contribution in [-0.4, -0.2) is 14.4 Å². The van der Waals surface area contributed by atoms with Crippen molar-refractivity contribution < 1.29 is 0 Å². The van der Waals surface area contributed by atoms with Crippen LogP contribution in [0.5, 0.6) is 0 Å². The fourth-order valence-corrected chi connectivity index (χ4v) is 1.94. The molecule has 3 rings (SSSR count). The summed E-state index contributed by atoms with van der Waals surface area (Å²) in [5.41, 5.74) is 4.49. The number of aromatic nitrogens is 3. The van der Waals surface area contributed by atoms with Gasteiger partial charge < -0.3 is 9.38 Å². The first-order chi connectivity index (χ1) is 6.75. The number of aromatic amines is 1. The largest absolute Gasteiger partial charge is 0.361 e. The number of imidazole rings is 1. The summed E-state index contributed by atoms with van der Waals surface area (Å²) < 4.78 is 2.07. The number of H-pyrrole nitrogens is 1. The molecular weight excluding hydrogens is 174 g/mol. The van der Waals surface area contributed by atoms with Crippen molar-refractivity contribution >= 4 is 16.6 Å². The van der Waals surface area contributed by atoms with E-state index >= 15 is 0 Å². The van der Waals surface area contributed by atoms with Crippen molar-refractivity contribution in [2.24, 2.45) is 0 Å². The maximum atomic E-state index is 4.52. The third-order valence-corrected chi connectivity index (χ3v) is 2.59. The Labute approximate surface area is 81.4 Å². The van der Waals surface area contributed by atoms with Crippen LogP contribution >= 0.6 is 0 Å². The molecule has 0 spiro atoms. The van der Waals surface area contributed by atoms with E-state index in [0.29, 0.717) is 0 Å². The molecule has 0 amide bonds. The maximum Gasteiger partial charge on any atom is 0.146 e. The Kier molecular flexibility index (Phi) is 1.29. The van der Waals surface area contributed by atoms with Crippen LogP contribution < -0.4 is 0 Å². The molecule has 14 heavy (non-hydrogen) atoms. The number of nitrogens with one attached hydrogen (secondary N) is 1. The van der Waals surface area contributed by atoms with Crippen molar-refractivity contribution in [2.75, 3.05) is 0 Å². The zero-order valence-electron chi connectivity index (χ0n) is 8.20. The molecule has 1 N–H and O–H groups in total. The first-order valence-corrected chi connectivity index (χ1v) is 4.68. The zero-order valence-corrected chi connectivity index (χ0v) is 8.20. The van der Waals surface area contributed by atoms with Gasteiger partial charge in [0.25, 0.3) is 0 Å². The van der Waals surface area contributed by atoms with Gasteiger partial charge in [0.05, 0.1) is 11.2 Å². The van der Waals surface area contributed by atoms with Gasteiger partial charge in [-0.3, -0.25) is 0 Å². The SMILES string of the molecule is Cc1cn2ccc3[nH]cc(C)c3c2n1. The Balaban J connectivity index is 2.64. The highest BCUT2D eigenvalue weighted by Crippen LogP contribution is 2.22. The summed E-state index contributed by atoms with van der Waals surface area (Å²) in [7, 11) is 0. The topological polar surface area (TPSA) is 33.1 Å². The highest BCUT2D eigenvalue weighted by Gasteiger charge is 2.06. The predicted octanol–water partition coefficient (Wildman–Crippen LogP) is 2.43. The van der Waals surface area contributed by atoms with Gasteiger partial charge in [-0.1, -0.05) is 0 Å². The molecule has 3 aromatic rings. The molecule has 3 heterocycles. The molecule has 0 aliphatic carbocycles. The van der Waals surface area contributed by atoms with E-state index < -0.39 is 0 Å². The summed E-state index contributed by atoms with van der Waals surface area (Å²) >= 11 is 0. The van der Waals surface area contributed by atoms with Gasteiger partial charge in [0.15, 0.2) is 0 Å². The summed E-state index contributed by atoms with van der Waals surface area (Å²) in [6, 6.07) is 2.08. The summed E-state index contributed by atoms with van der Waals surface area (Å²) in [6.45, 7) is 4.11. The van der Waals surface area contributed by atoms with E-state index in [2.05, 4.69) is 27.4 Å². The fraction of sp³-hybridized carbons (Fsp3) is 0.182. The fourth-order valence-electron chi connectivity index (χ4n) is 1.94. The molecule has 0 fully saturated rings. The average molecular weight is 185 g/mol. The van der Waals surface area contributed by atoms with E-state index in [4.69, 9.17) is 0 Å². The van der Waals surface area contributed by atoms with Gasteiger partial charge in [0.2, 0.25) is 0 Å². The molecule has 0 saturated heterocycles. The van der Waals surface area contributed by atoms with E-state index in [-0.39, 0.29) is 0 Å². The molecule has 0 radical (unpaired) electrons. The van der Waals surface area contributed by atoms with Crippen molar-refractivity contribution in [2.45, 2.75) is 13.8 Å². The van der Waals surface area contributed by atoms with Crippen molar-refractivity contribution in [3.8, 4) is 0 Å². The molecular formula is C11H11N3. The van der Waals surface area contributed by atoms with Gasteiger partial charge in [-0.25, -0.2) is 4.98 Å². The third kappa shape index (κ3) is 0.839. The number of aryl methyl sites for hydroxylation is 2. The lowest BCUT2D eigenvalue weighted by molar-refractivity contribution is 1.20. The van der Waals surface area contributed by atoms with Crippen molar-refractivity contribution in [3.63, 3.8) is 0 Å². The second-order valence-electron chi connectivity index (χ2n) is 3.69. The Morgan fingerprint density at radius 1 is 1.36 bits per heavy atom. The molecule has 0 aliphatic rings. The van der Waals surface area contributed by atoms with Crippen molar-refractivity contribution in [1.82, 2.24) is 14.4 Å². The van der Waals surface area contributed by atoms with Gasteiger partial charge in [-0.05, 0) is 25.5 Å². The summed E-state index contributed by atoms with van der Waals surface area (Å²) in [5.74, 6) is 0. The number of fused-ring (bicyclic) bond motifs is 3. The predicted molar refractivity (Wildman–Crippen MR) is 56.5 cm³/mol. The first kappa shape index (κ1) is 7.62. The molecule has 70 valence electrons. The smallest absolute Gasteiger partial charge is 0.146 e. The van der Waals surface area contributed by atoms with Crippen LogP contribution in [0.3, 0.4) is 0 Å². The highest BCUT2D eigenvalue weighted by atomic mass is 15.0. The Bertz CT molecular complexity index is 616. The van der Waals surface area contributed by atoms with Crippen LogP contribution in [-0.2, 0) is 0 Å². The van der Waals surface area contributed by atoms with E-state index in [1.807, 2.05) is 25.5 Å². The molecule has 3 nitrogen and oxygen atoms in total. The Morgan fingerprint density at radius 3 is 3.07 bits per heavy atom. The number of hydrogen-bond donors (Lipinski definition) is 1. The van der Waals surface area contributed by atoms with Crippen LogP contribution in [0.4, 0.5) is 0 Å². The average Bonchev–Trinajstić information content (AvgIpc) is 2.68. The zero-order chi connectivity index (χ0) is 9.71. The molecule has 0 atom stereocenters. The maximum absolute atomic E-state index is 4.52. The number of nitrogens with zero attached hydrogens (tertiary/aromatic N) is 2. The quantitative estimate of drug-likeness (QED) is 0.573. The Hall–Kier alpha value is -1.77. The highest BCUT2D eigenvalue weighted by molar-refractivity contribution is 5.94. The van der Waals surface area contributed by atoms with Crippen LogP contribution in [0.25, 0.3) is 16.6 Å². The van der Waals surface area contributed by atoms with Gasteiger partial charge in [0.1, 0.15) is 5.65 Å². The van der Waals surface area contributed by atoms with Crippen LogP contribution in [0.2, 0.25) is 0 Å². The van der Waals surface area contributed by atoms with Crippen LogP contribution in [0, 0.1) is 13.8 Å². The third-order valence-electron chi connectivity index (χ3n) is 2.59. The van der Waals surface area contributed by atoms with Gasteiger partial charge in [0, 0.05) is 24.0 Å². The second kappa shape index (κ2) is 2.38. The molecule has 0 aromatic carbocycles. The first-order valence-electron chi connectivity index (χ1n) is 4.68. The normalized spacial score (nSPS) is 11.6. The van der Waals surface area contributed by atoms with Gasteiger partial charge >= 0.3 is 0 Å². The minimum Gasteiger partial charge on any atom is -0.361 e. The van der Waals surface area contributed by atoms with E-state index in [1.54, 1.807) is 0 Å². The Morgan fingerprint density at radius 2 is 2.21 bits per heavy atom. The molecule has 0 unspecified atom stereocenters. The van der Waals surface area contributed by atoms with E-state index in [1.165, 1.54) is 10.9 Å². The van der Waals surface area contributed by atoms with E-state index in [9.17, 15) is 0 Å². The second-order valence-corrected chi connectivity index (χ2v) is 3.69.